The van der Waals surface area contributed by atoms with Gasteiger partial charge in [-0.2, -0.15) is 0 Å². The van der Waals surface area contributed by atoms with Crippen LogP contribution < -0.4 is 9.64 Å². The predicted molar refractivity (Wildman–Crippen MR) is 130 cm³/mol. The minimum absolute atomic E-state index is 0.171. The van der Waals surface area contributed by atoms with Crippen LogP contribution in [0.2, 0.25) is 0 Å². The van der Waals surface area contributed by atoms with Crippen molar-refractivity contribution in [3.05, 3.63) is 48.3 Å². The molecule has 8 nitrogen and oxygen atoms in total. The van der Waals surface area contributed by atoms with E-state index in [4.69, 9.17) is 9.47 Å². The molecule has 180 valence electrons. The number of morpholine rings is 1. The molecule has 1 N–H and O–H groups in total. The SMILES string of the molecule is CC(C)(O)c1cnc(CC2CCC(Oc3cc(N4CCOCC4)cc4nccnc34)CC2)cn1. The van der Waals surface area contributed by atoms with Crippen LogP contribution in [0.5, 0.6) is 5.75 Å². The summed E-state index contributed by atoms with van der Waals surface area (Å²) in [4.78, 5) is 20.4. The van der Waals surface area contributed by atoms with Gasteiger partial charge in [-0.15, -0.1) is 0 Å². The van der Waals surface area contributed by atoms with Crippen molar-refractivity contribution in [1.82, 2.24) is 19.9 Å². The normalized spacial score (nSPS) is 21.6. The lowest BCUT2D eigenvalue weighted by molar-refractivity contribution is 0.0733. The maximum absolute atomic E-state index is 10.1. The molecule has 5 rings (SSSR count). The lowest BCUT2D eigenvalue weighted by atomic mass is 9.84. The molecule has 8 heteroatoms. The molecule has 2 aromatic heterocycles. The molecule has 3 heterocycles. The summed E-state index contributed by atoms with van der Waals surface area (Å²) >= 11 is 0. The molecule has 2 aliphatic rings. The van der Waals surface area contributed by atoms with E-state index in [2.05, 4.69) is 37.0 Å². The van der Waals surface area contributed by atoms with E-state index in [1.54, 1.807) is 38.6 Å². The number of nitrogens with zero attached hydrogens (tertiary/aromatic N) is 5. The van der Waals surface area contributed by atoms with Crippen LogP contribution in [-0.2, 0) is 16.8 Å². The standard InChI is InChI=1S/C26H33N5O3/c1-26(2,32)24-17-29-19(16-30-24)13-18-3-5-21(6-4-18)34-23-15-20(31-9-11-33-12-10-31)14-22-25(23)28-8-7-27-22/h7-8,14-18,21,32H,3-6,9-13H2,1-2H3. The highest BCUT2D eigenvalue weighted by Gasteiger charge is 2.25. The quantitative estimate of drug-likeness (QED) is 0.592. The van der Waals surface area contributed by atoms with Gasteiger partial charge < -0.3 is 19.5 Å². The monoisotopic (exact) mass is 463 g/mol. The molecule has 0 amide bonds. The fourth-order valence-corrected chi connectivity index (χ4v) is 4.83. The van der Waals surface area contributed by atoms with Gasteiger partial charge in [0, 0.05) is 43.4 Å². The molecule has 0 atom stereocenters. The zero-order valence-corrected chi connectivity index (χ0v) is 20.0. The minimum Gasteiger partial charge on any atom is -0.488 e. The summed E-state index contributed by atoms with van der Waals surface area (Å²) in [6.07, 6.45) is 12.2. The van der Waals surface area contributed by atoms with Gasteiger partial charge in [0.15, 0.2) is 0 Å². The van der Waals surface area contributed by atoms with E-state index in [-0.39, 0.29) is 6.10 Å². The zero-order chi connectivity index (χ0) is 23.5. The third-order valence-electron chi connectivity index (χ3n) is 6.82. The number of ether oxygens (including phenoxy) is 2. The van der Waals surface area contributed by atoms with Crippen molar-refractivity contribution in [3.63, 3.8) is 0 Å². The molecule has 1 aliphatic carbocycles. The number of benzene rings is 1. The molecule has 0 bridgehead atoms. The predicted octanol–water partition coefficient (Wildman–Crippen LogP) is 3.66. The Morgan fingerprint density at radius 2 is 1.76 bits per heavy atom. The number of aliphatic hydroxyl groups is 1. The van der Waals surface area contributed by atoms with E-state index >= 15 is 0 Å². The smallest absolute Gasteiger partial charge is 0.149 e. The highest BCUT2D eigenvalue weighted by atomic mass is 16.5. The van der Waals surface area contributed by atoms with Gasteiger partial charge in [-0.1, -0.05) is 0 Å². The van der Waals surface area contributed by atoms with Crippen LogP contribution in [0.1, 0.15) is 50.9 Å². The van der Waals surface area contributed by atoms with Gasteiger partial charge in [0.1, 0.15) is 16.9 Å². The Morgan fingerprint density at radius 1 is 1.00 bits per heavy atom. The fourth-order valence-electron chi connectivity index (χ4n) is 4.83. The summed E-state index contributed by atoms with van der Waals surface area (Å²) in [5.41, 5.74) is 3.43. The van der Waals surface area contributed by atoms with Crippen molar-refractivity contribution >= 4 is 16.7 Å². The topological polar surface area (TPSA) is 93.5 Å². The molecule has 0 radical (unpaired) electrons. The Bertz CT molecular complexity index is 1100. The van der Waals surface area contributed by atoms with Gasteiger partial charge in [-0.3, -0.25) is 15.0 Å². The van der Waals surface area contributed by atoms with E-state index in [1.807, 2.05) is 0 Å². The average Bonchev–Trinajstić information content (AvgIpc) is 2.85. The van der Waals surface area contributed by atoms with Crippen LogP contribution in [0.4, 0.5) is 5.69 Å². The lowest BCUT2D eigenvalue weighted by Crippen LogP contribution is -2.36. The van der Waals surface area contributed by atoms with Crippen molar-refractivity contribution < 1.29 is 14.6 Å². The van der Waals surface area contributed by atoms with Crippen LogP contribution in [0, 0.1) is 5.92 Å². The Morgan fingerprint density at radius 3 is 2.47 bits per heavy atom. The maximum atomic E-state index is 10.1. The minimum atomic E-state index is -0.964. The number of aromatic nitrogens is 4. The summed E-state index contributed by atoms with van der Waals surface area (Å²) in [6, 6.07) is 4.22. The molecular formula is C26H33N5O3. The van der Waals surface area contributed by atoms with Gasteiger partial charge in [0.2, 0.25) is 0 Å². The van der Waals surface area contributed by atoms with Gasteiger partial charge >= 0.3 is 0 Å². The van der Waals surface area contributed by atoms with E-state index in [0.29, 0.717) is 11.6 Å². The first-order valence-electron chi connectivity index (χ1n) is 12.2. The van der Waals surface area contributed by atoms with Crippen LogP contribution >= 0.6 is 0 Å². The molecular weight excluding hydrogens is 430 g/mol. The van der Waals surface area contributed by atoms with Crippen molar-refractivity contribution in [2.24, 2.45) is 5.92 Å². The Balaban J connectivity index is 1.23. The summed E-state index contributed by atoms with van der Waals surface area (Å²) < 4.78 is 12.0. The van der Waals surface area contributed by atoms with Gasteiger partial charge in [0.25, 0.3) is 0 Å². The summed E-state index contributed by atoms with van der Waals surface area (Å²) in [7, 11) is 0. The largest absolute Gasteiger partial charge is 0.488 e. The molecule has 34 heavy (non-hydrogen) atoms. The summed E-state index contributed by atoms with van der Waals surface area (Å²) in [6.45, 7) is 6.67. The maximum Gasteiger partial charge on any atom is 0.149 e. The first-order valence-corrected chi connectivity index (χ1v) is 12.2. The van der Waals surface area contributed by atoms with Crippen molar-refractivity contribution in [1.29, 1.82) is 0 Å². The average molecular weight is 464 g/mol. The van der Waals surface area contributed by atoms with Gasteiger partial charge in [-0.05, 0) is 57.9 Å². The molecule has 1 aromatic carbocycles. The highest BCUT2D eigenvalue weighted by molar-refractivity contribution is 5.85. The van der Waals surface area contributed by atoms with Gasteiger partial charge in [0.05, 0.1) is 42.4 Å². The second-order valence-corrected chi connectivity index (χ2v) is 9.88. The highest BCUT2D eigenvalue weighted by Crippen LogP contribution is 2.34. The molecule has 2 fully saturated rings. The zero-order valence-electron chi connectivity index (χ0n) is 20.0. The lowest BCUT2D eigenvalue weighted by Gasteiger charge is -2.31. The van der Waals surface area contributed by atoms with Crippen LogP contribution in [0.15, 0.2) is 36.9 Å². The van der Waals surface area contributed by atoms with E-state index in [9.17, 15) is 5.11 Å². The molecule has 1 aliphatic heterocycles. The van der Waals surface area contributed by atoms with Crippen molar-refractivity contribution in [2.45, 2.75) is 57.7 Å². The molecule has 1 saturated carbocycles. The Labute approximate surface area is 200 Å². The van der Waals surface area contributed by atoms with E-state index in [1.165, 1.54) is 0 Å². The Kier molecular flexibility index (Phi) is 6.61. The number of rotatable bonds is 6. The fraction of sp³-hybridized carbons (Fsp3) is 0.538. The molecule has 3 aromatic rings. The molecule has 0 unspecified atom stereocenters. The first kappa shape index (κ1) is 22.9. The second-order valence-electron chi connectivity index (χ2n) is 9.88. The Hall–Kier alpha value is -2.84. The number of fused-ring (bicyclic) bond motifs is 1. The summed E-state index contributed by atoms with van der Waals surface area (Å²) in [5.74, 6) is 1.39. The van der Waals surface area contributed by atoms with E-state index in [0.717, 1.165) is 86.6 Å². The number of anilines is 1. The van der Waals surface area contributed by atoms with Gasteiger partial charge in [-0.25, -0.2) is 4.98 Å². The molecule has 0 spiro atoms. The first-order chi connectivity index (χ1) is 16.5. The van der Waals surface area contributed by atoms with Crippen LogP contribution in [0.25, 0.3) is 11.0 Å². The molecule has 1 saturated heterocycles. The number of hydrogen-bond acceptors (Lipinski definition) is 8. The van der Waals surface area contributed by atoms with Crippen LogP contribution in [0.3, 0.4) is 0 Å². The third-order valence-corrected chi connectivity index (χ3v) is 6.82. The number of hydrogen-bond donors (Lipinski definition) is 1. The van der Waals surface area contributed by atoms with E-state index < -0.39 is 5.60 Å². The van der Waals surface area contributed by atoms with Crippen molar-refractivity contribution in [2.75, 3.05) is 31.2 Å². The third kappa shape index (κ3) is 5.28. The summed E-state index contributed by atoms with van der Waals surface area (Å²) in [5, 5.41) is 10.1. The van der Waals surface area contributed by atoms with Crippen molar-refractivity contribution in [3.8, 4) is 5.75 Å². The second kappa shape index (κ2) is 9.80. The van der Waals surface area contributed by atoms with Crippen LogP contribution in [-0.4, -0.2) is 57.4 Å².